The fourth-order valence-electron chi connectivity index (χ4n) is 3.03. The highest BCUT2D eigenvalue weighted by Crippen LogP contribution is 2.26. The van der Waals surface area contributed by atoms with Crippen molar-refractivity contribution in [1.29, 1.82) is 0 Å². The highest BCUT2D eigenvalue weighted by molar-refractivity contribution is 5.83. The third kappa shape index (κ3) is 16.7. The summed E-state index contributed by atoms with van der Waals surface area (Å²) < 4.78 is 21.6. The van der Waals surface area contributed by atoms with Crippen LogP contribution in [0.3, 0.4) is 0 Å². The van der Waals surface area contributed by atoms with Crippen molar-refractivity contribution in [3.63, 3.8) is 0 Å². The molecule has 0 fully saturated rings. The molecule has 3 N–H and O–H groups in total. The summed E-state index contributed by atoms with van der Waals surface area (Å²) in [6.07, 6.45) is 2.80. The third-order valence-corrected chi connectivity index (χ3v) is 8.08. The number of fused-ring (bicyclic) bond motifs is 1. The van der Waals surface area contributed by atoms with Crippen LogP contribution >= 0.6 is 0 Å². The summed E-state index contributed by atoms with van der Waals surface area (Å²) in [7, 11) is 0. The Balaban J connectivity index is 0.000000769. The standard InChI is InChI=1S/C20H26O4.C10H22O2.C6H14O2/c1-4-20(2,3)19(21)24-14-12-22-11-13-23-18-10-9-16-7-5-6-8-17(16)15-18;1-5-7-8-12-9(11)10(3,4)6-2;1-4-6(2,3)5(7)8/h5-10,15H,4,11-14H2,1-3H3;9,11H,5-8H2,1-4H3;5,7-8H,4H2,1-3H3. The summed E-state index contributed by atoms with van der Waals surface area (Å²) in [6.45, 7) is 21.8. The molecule has 254 valence electrons. The van der Waals surface area contributed by atoms with Gasteiger partial charge in [0, 0.05) is 17.4 Å². The van der Waals surface area contributed by atoms with Crippen LogP contribution in [0.4, 0.5) is 0 Å². The molecule has 1 unspecified atom stereocenters. The summed E-state index contributed by atoms with van der Waals surface area (Å²) in [5.41, 5.74) is -0.896. The van der Waals surface area contributed by atoms with Gasteiger partial charge in [-0.05, 0) is 62.4 Å². The molecular formula is C36H62O8. The first kappa shape index (κ1) is 41.8. The number of hydrogen-bond donors (Lipinski definition) is 3. The SMILES string of the molecule is CCC(C)(C)C(=O)OCCOCCOc1ccc2ccccc2c1.CCC(C)(C)C(O)O.CCCCOC(O)C(C)(C)CC. The lowest BCUT2D eigenvalue weighted by atomic mass is 9.89. The molecule has 0 saturated carbocycles. The van der Waals surface area contributed by atoms with Gasteiger partial charge in [-0.2, -0.15) is 0 Å². The zero-order chi connectivity index (χ0) is 33.8. The van der Waals surface area contributed by atoms with E-state index in [1.54, 1.807) is 0 Å². The minimum Gasteiger partial charge on any atom is -0.491 e. The van der Waals surface area contributed by atoms with Crippen molar-refractivity contribution >= 4 is 16.7 Å². The topological polar surface area (TPSA) is 115 Å². The Hall–Kier alpha value is -2.23. The largest absolute Gasteiger partial charge is 0.491 e. The average molecular weight is 623 g/mol. The number of esters is 1. The van der Waals surface area contributed by atoms with E-state index >= 15 is 0 Å². The molecule has 2 rings (SSSR count). The van der Waals surface area contributed by atoms with E-state index in [2.05, 4.69) is 26.0 Å². The third-order valence-electron chi connectivity index (χ3n) is 8.08. The van der Waals surface area contributed by atoms with E-state index < -0.39 is 18.0 Å². The van der Waals surface area contributed by atoms with Crippen LogP contribution in [-0.4, -0.2) is 66.9 Å². The molecule has 2 aromatic rings. The molecule has 0 saturated heterocycles. The maximum Gasteiger partial charge on any atom is 0.311 e. The number of benzene rings is 2. The van der Waals surface area contributed by atoms with Crippen molar-refractivity contribution in [2.75, 3.05) is 33.0 Å². The Kier molecular flexibility index (Phi) is 20.4. The van der Waals surface area contributed by atoms with E-state index in [1.165, 1.54) is 5.39 Å². The Morgan fingerprint density at radius 1 is 0.727 bits per heavy atom. The normalized spacial score (nSPS) is 12.6. The van der Waals surface area contributed by atoms with Crippen LogP contribution in [0.2, 0.25) is 0 Å². The van der Waals surface area contributed by atoms with Gasteiger partial charge >= 0.3 is 5.97 Å². The van der Waals surface area contributed by atoms with Gasteiger partial charge in [-0.3, -0.25) is 4.79 Å². The molecule has 0 bridgehead atoms. The Bertz CT molecular complexity index is 1030. The monoisotopic (exact) mass is 622 g/mol. The van der Waals surface area contributed by atoms with Crippen LogP contribution in [0, 0.1) is 16.2 Å². The second-order valence-corrected chi connectivity index (χ2v) is 13.0. The minimum atomic E-state index is -1.19. The molecule has 0 aromatic heterocycles. The van der Waals surface area contributed by atoms with E-state index in [-0.39, 0.29) is 23.4 Å². The van der Waals surface area contributed by atoms with Crippen molar-refractivity contribution < 1.29 is 39.1 Å². The number of rotatable bonds is 17. The fourth-order valence-corrected chi connectivity index (χ4v) is 3.03. The molecule has 0 aliphatic carbocycles. The van der Waals surface area contributed by atoms with Crippen LogP contribution < -0.4 is 4.74 Å². The Morgan fingerprint density at radius 3 is 1.84 bits per heavy atom. The van der Waals surface area contributed by atoms with E-state index in [0.29, 0.717) is 26.4 Å². The maximum absolute atomic E-state index is 11.8. The van der Waals surface area contributed by atoms with Gasteiger partial charge in [-0.1, -0.05) is 92.1 Å². The van der Waals surface area contributed by atoms with Crippen LogP contribution in [0.5, 0.6) is 5.75 Å². The number of ether oxygens (including phenoxy) is 4. The molecule has 0 aliphatic rings. The van der Waals surface area contributed by atoms with Crippen LogP contribution in [0.1, 0.15) is 101 Å². The van der Waals surface area contributed by atoms with Crippen LogP contribution in [0.25, 0.3) is 10.8 Å². The zero-order valence-corrected chi connectivity index (χ0v) is 29.2. The summed E-state index contributed by atoms with van der Waals surface area (Å²) in [6, 6.07) is 14.2. The molecule has 0 heterocycles. The number of aliphatic hydroxyl groups excluding tert-OH is 2. The number of unbranched alkanes of at least 4 members (excludes halogenated alkanes) is 1. The molecule has 0 aliphatic heterocycles. The van der Waals surface area contributed by atoms with E-state index in [0.717, 1.165) is 43.2 Å². The summed E-state index contributed by atoms with van der Waals surface area (Å²) in [5.74, 6) is 0.648. The molecule has 2 aromatic carbocycles. The molecule has 44 heavy (non-hydrogen) atoms. The van der Waals surface area contributed by atoms with E-state index in [1.807, 2.05) is 85.7 Å². The second kappa shape index (κ2) is 21.5. The van der Waals surface area contributed by atoms with Crippen molar-refractivity contribution in [3.8, 4) is 5.75 Å². The maximum atomic E-state index is 11.8. The average Bonchev–Trinajstić information content (AvgIpc) is 3.00. The molecule has 1 atom stereocenters. The molecule has 0 spiro atoms. The van der Waals surface area contributed by atoms with Crippen LogP contribution in [0.15, 0.2) is 42.5 Å². The van der Waals surface area contributed by atoms with Crippen molar-refractivity contribution in [2.24, 2.45) is 16.2 Å². The number of hydrogen-bond acceptors (Lipinski definition) is 8. The summed E-state index contributed by atoms with van der Waals surface area (Å²) in [5, 5.41) is 29.2. The van der Waals surface area contributed by atoms with Crippen molar-refractivity contribution in [2.45, 2.75) is 114 Å². The first-order valence-corrected chi connectivity index (χ1v) is 16.1. The van der Waals surface area contributed by atoms with Gasteiger partial charge in [0.15, 0.2) is 12.6 Å². The Labute approximate surface area is 267 Å². The summed E-state index contributed by atoms with van der Waals surface area (Å²) in [4.78, 5) is 11.8. The molecule has 0 radical (unpaired) electrons. The smallest absolute Gasteiger partial charge is 0.311 e. The first-order valence-electron chi connectivity index (χ1n) is 16.1. The highest BCUT2D eigenvalue weighted by atomic mass is 16.6. The Morgan fingerprint density at radius 2 is 1.32 bits per heavy atom. The lowest BCUT2D eigenvalue weighted by molar-refractivity contribution is -0.165. The van der Waals surface area contributed by atoms with Crippen molar-refractivity contribution in [1.82, 2.24) is 0 Å². The minimum absolute atomic E-state index is 0.117. The summed E-state index contributed by atoms with van der Waals surface area (Å²) >= 11 is 0. The molecular weight excluding hydrogens is 560 g/mol. The fraction of sp³-hybridized carbons (Fsp3) is 0.694. The van der Waals surface area contributed by atoms with Crippen molar-refractivity contribution in [3.05, 3.63) is 42.5 Å². The highest BCUT2D eigenvalue weighted by Gasteiger charge is 2.27. The molecule has 8 heteroatoms. The van der Waals surface area contributed by atoms with Gasteiger partial charge in [0.2, 0.25) is 0 Å². The molecule has 0 amide bonds. The van der Waals surface area contributed by atoms with E-state index in [4.69, 9.17) is 29.2 Å². The number of carbonyl (C=O) groups excluding carboxylic acids is 1. The number of carbonyl (C=O) groups is 1. The van der Waals surface area contributed by atoms with Gasteiger partial charge in [-0.25, -0.2) is 0 Å². The predicted molar refractivity (Wildman–Crippen MR) is 179 cm³/mol. The zero-order valence-electron chi connectivity index (χ0n) is 29.2. The van der Waals surface area contributed by atoms with Crippen LogP contribution in [-0.2, 0) is 19.0 Å². The quantitative estimate of drug-likeness (QED) is 0.0944. The molecule has 8 nitrogen and oxygen atoms in total. The van der Waals surface area contributed by atoms with E-state index in [9.17, 15) is 9.90 Å². The number of aliphatic hydroxyl groups is 3. The lowest BCUT2D eigenvalue weighted by Crippen LogP contribution is -2.31. The van der Waals surface area contributed by atoms with Gasteiger partial charge in [0.05, 0.1) is 18.6 Å². The van der Waals surface area contributed by atoms with Gasteiger partial charge < -0.3 is 34.3 Å². The van der Waals surface area contributed by atoms with Gasteiger partial charge in [0.1, 0.15) is 19.0 Å². The lowest BCUT2D eigenvalue weighted by Gasteiger charge is -2.28. The van der Waals surface area contributed by atoms with Gasteiger partial charge in [0.25, 0.3) is 0 Å². The van der Waals surface area contributed by atoms with Gasteiger partial charge in [-0.15, -0.1) is 0 Å². The second-order valence-electron chi connectivity index (χ2n) is 13.0. The first-order chi connectivity index (χ1) is 20.6. The predicted octanol–water partition coefficient (Wildman–Crippen LogP) is 7.51.